The van der Waals surface area contributed by atoms with Crippen molar-refractivity contribution >= 4 is 33.2 Å². The Morgan fingerprint density at radius 3 is 2.17 bits per heavy atom. The molecule has 2 N–H and O–H groups in total. The fourth-order valence-electron chi connectivity index (χ4n) is 4.65. The predicted octanol–water partition coefficient (Wildman–Crippen LogP) is 4.46. The number of amides is 2. The van der Waals surface area contributed by atoms with Gasteiger partial charge >= 0.3 is 0 Å². The summed E-state index contributed by atoms with van der Waals surface area (Å²) in [6, 6.07) is 22.4. The lowest BCUT2D eigenvalue weighted by Gasteiger charge is -2.24. The van der Waals surface area contributed by atoms with Gasteiger partial charge in [-0.3, -0.25) is 9.59 Å². The molecule has 1 aliphatic rings. The highest BCUT2D eigenvalue weighted by Gasteiger charge is 2.34. The molecule has 0 aromatic heterocycles. The largest absolute Gasteiger partial charge is 0.325 e. The van der Waals surface area contributed by atoms with Crippen LogP contribution in [0.15, 0.2) is 88.8 Å². The van der Waals surface area contributed by atoms with Gasteiger partial charge < -0.3 is 10.2 Å². The monoisotopic (exact) mass is 560 g/mol. The van der Waals surface area contributed by atoms with Gasteiger partial charge in [0.15, 0.2) is 0 Å². The third-order valence-electron chi connectivity index (χ3n) is 6.85. The van der Waals surface area contributed by atoms with Crippen LogP contribution in [-0.4, -0.2) is 45.2 Å². The molecule has 2 atom stereocenters. The van der Waals surface area contributed by atoms with Crippen molar-refractivity contribution in [3.63, 3.8) is 0 Å². The second-order valence-electron chi connectivity index (χ2n) is 10.7. The number of benzene rings is 3. The number of hydrogen-bond donors (Lipinski definition) is 2. The van der Waals surface area contributed by atoms with Crippen LogP contribution in [0.3, 0.4) is 0 Å². The first-order valence-electron chi connectivity index (χ1n) is 13.4. The van der Waals surface area contributed by atoms with Crippen LogP contribution in [-0.2, 0) is 19.6 Å². The van der Waals surface area contributed by atoms with E-state index in [4.69, 9.17) is 4.99 Å². The molecule has 8 nitrogen and oxygen atoms in total. The van der Waals surface area contributed by atoms with Crippen molar-refractivity contribution in [3.05, 3.63) is 95.6 Å². The van der Waals surface area contributed by atoms with Gasteiger partial charge in [0.2, 0.25) is 22.1 Å². The number of sulfonamides is 1. The lowest BCUT2D eigenvalue weighted by Crippen LogP contribution is -2.53. The first kappa shape index (κ1) is 29.2. The summed E-state index contributed by atoms with van der Waals surface area (Å²) in [7, 11) is -2.37. The maximum Gasteiger partial charge on any atom is 0.272 e. The smallest absolute Gasteiger partial charge is 0.272 e. The van der Waals surface area contributed by atoms with Crippen molar-refractivity contribution < 1.29 is 18.0 Å². The quantitative estimate of drug-likeness (QED) is 0.403. The van der Waals surface area contributed by atoms with Crippen LogP contribution in [0.25, 0.3) is 0 Å². The van der Waals surface area contributed by atoms with Crippen molar-refractivity contribution in [2.75, 3.05) is 11.9 Å². The number of likely N-dealkylation sites (N-methyl/N-ethyl adjacent to an activating group) is 1. The normalized spacial score (nSPS) is 16.4. The average Bonchev–Trinajstić information content (AvgIpc) is 3.03. The summed E-state index contributed by atoms with van der Waals surface area (Å²) in [4.78, 5) is 33.4. The number of anilines is 1. The molecule has 9 heteroatoms. The summed E-state index contributed by atoms with van der Waals surface area (Å²) in [5, 5.41) is 2.73. The summed E-state index contributed by atoms with van der Waals surface area (Å²) in [6.45, 7) is 7.86. The zero-order valence-electron chi connectivity index (χ0n) is 23.5. The zero-order valence-corrected chi connectivity index (χ0v) is 24.3. The lowest BCUT2D eigenvalue weighted by molar-refractivity contribution is -0.128. The maximum atomic E-state index is 13.6. The van der Waals surface area contributed by atoms with E-state index in [0.29, 0.717) is 11.4 Å². The van der Waals surface area contributed by atoms with Crippen molar-refractivity contribution in [2.24, 2.45) is 10.9 Å². The van der Waals surface area contributed by atoms with Crippen LogP contribution < -0.4 is 14.9 Å². The standard InChI is InChI=1S/C31H36N4O4S/c1-20(2)19-26(34-40(38,39)24-17-15-22(16-18-24)21(3)4)30(36)33-29-31(37)35(5)27-14-10-9-13-25(27)28(32-29)23-11-7-6-8-12-23/h6-18,20-21,26,29,34H,19H2,1-5H3,(H,33,36). The minimum Gasteiger partial charge on any atom is -0.325 e. The average molecular weight is 561 g/mol. The number of hydrogen-bond acceptors (Lipinski definition) is 5. The van der Waals surface area contributed by atoms with Gasteiger partial charge in [-0.15, -0.1) is 0 Å². The van der Waals surface area contributed by atoms with E-state index in [0.717, 1.165) is 16.7 Å². The molecule has 1 aliphatic heterocycles. The highest BCUT2D eigenvalue weighted by atomic mass is 32.2. The molecule has 0 spiro atoms. The van der Waals surface area contributed by atoms with Crippen LogP contribution in [0.2, 0.25) is 0 Å². The number of para-hydroxylation sites is 1. The van der Waals surface area contributed by atoms with Gasteiger partial charge in [-0.05, 0) is 42.0 Å². The third-order valence-corrected chi connectivity index (χ3v) is 8.34. The first-order chi connectivity index (χ1) is 19.0. The molecule has 0 saturated heterocycles. The van der Waals surface area contributed by atoms with Crippen molar-refractivity contribution in [1.29, 1.82) is 0 Å². The molecule has 0 aliphatic carbocycles. The highest BCUT2D eigenvalue weighted by Crippen LogP contribution is 2.27. The zero-order chi connectivity index (χ0) is 29.0. The molecule has 40 heavy (non-hydrogen) atoms. The van der Waals surface area contributed by atoms with E-state index < -0.39 is 34.0 Å². The summed E-state index contributed by atoms with van der Waals surface area (Å²) in [5.74, 6) is -0.791. The van der Waals surface area contributed by atoms with Gasteiger partial charge in [-0.1, -0.05) is 88.4 Å². The van der Waals surface area contributed by atoms with Crippen LogP contribution >= 0.6 is 0 Å². The fraction of sp³-hybridized carbons (Fsp3) is 0.323. The number of fused-ring (bicyclic) bond motifs is 1. The van der Waals surface area contributed by atoms with Crippen LogP contribution in [0.5, 0.6) is 0 Å². The molecule has 3 aromatic carbocycles. The molecule has 2 unspecified atom stereocenters. The Labute approximate surface area is 236 Å². The van der Waals surface area contributed by atoms with Gasteiger partial charge in [-0.2, -0.15) is 4.72 Å². The van der Waals surface area contributed by atoms with Gasteiger partial charge in [0.25, 0.3) is 5.91 Å². The van der Waals surface area contributed by atoms with Crippen LogP contribution in [0.1, 0.15) is 56.7 Å². The molecule has 4 rings (SSSR count). The molecule has 2 amide bonds. The summed E-state index contributed by atoms with van der Waals surface area (Å²) >= 11 is 0. The Morgan fingerprint density at radius 1 is 0.925 bits per heavy atom. The Hall–Kier alpha value is -3.82. The summed E-state index contributed by atoms with van der Waals surface area (Å²) < 4.78 is 29.1. The first-order valence-corrected chi connectivity index (χ1v) is 14.9. The van der Waals surface area contributed by atoms with Gasteiger partial charge in [0.1, 0.15) is 6.04 Å². The molecule has 0 bridgehead atoms. The summed E-state index contributed by atoms with van der Waals surface area (Å²) in [5.41, 5.74) is 3.79. The Kier molecular flexibility index (Phi) is 8.85. The van der Waals surface area contributed by atoms with E-state index in [1.165, 1.54) is 4.90 Å². The number of rotatable bonds is 9. The number of nitrogens with zero attached hydrogens (tertiary/aromatic N) is 2. The van der Waals surface area contributed by atoms with Crippen molar-refractivity contribution in [3.8, 4) is 0 Å². The molecule has 210 valence electrons. The number of aliphatic imine (C=N–C) groups is 1. The Balaban J connectivity index is 1.65. The molecule has 0 fully saturated rings. The number of nitrogens with one attached hydrogen (secondary N) is 2. The molecule has 0 radical (unpaired) electrons. The Bertz CT molecular complexity index is 1500. The molecular weight excluding hydrogens is 524 g/mol. The van der Waals surface area contributed by atoms with Crippen LogP contribution in [0.4, 0.5) is 5.69 Å². The predicted molar refractivity (Wildman–Crippen MR) is 158 cm³/mol. The topological polar surface area (TPSA) is 108 Å². The molecular formula is C31H36N4O4S. The minimum absolute atomic E-state index is 0.00177. The second kappa shape index (κ2) is 12.1. The van der Waals surface area contributed by atoms with Crippen molar-refractivity contribution in [1.82, 2.24) is 10.0 Å². The van der Waals surface area contributed by atoms with E-state index in [1.54, 1.807) is 31.3 Å². The van der Waals surface area contributed by atoms with Gasteiger partial charge in [-0.25, -0.2) is 13.4 Å². The summed E-state index contributed by atoms with van der Waals surface area (Å²) in [6.07, 6.45) is -1.01. The lowest BCUT2D eigenvalue weighted by atomic mass is 10.0. The number of carbonyl (C=O) groups is 2. The highest BCUT2D eigenvalue weighted by molar-refractivity contribution is 7.89. The Morgan fingerprint density at radius 2 is 1.55 bits per heavy atom. The van der Waals surface area contributed by atoms with Crippen LogP contribution in [0, 0.1) is 5.92 Å². The second-order valence-corrected chi connectivity index (χ2v) is 12.4. The molecule has 0 saturated carbocycles. The minimum atomic E-state index is -4.00. The van der Waals surface area contributed by atoms with Gasteiger partial charge in [0, 0.05) is 18.2 Å². The van der Waals surface area contributed by atoms with Gasteiger partial charge in [0.05, 0.1) is 16.3 Å². The molecule has 1 heterocycles. The van der Waals surface area contributed by atoms with Crippen molar-refractivity contribution in [2.45, 2.75) is 57.1 Å². The maximum absolute atomic E-state index is 13.6. The third kappa shape index (κ3) is 6.48. The molecule has 3 aromatic rings. The number of benzodiazepines with no additional fused rings is 1. The number of carbonyl (C=O) groups excluding carboxylic acids is 2. The fourth-order valence-corrected chi connectivity index (χ4v) is 5.85. The van der Waals surface area contributed by atoms with E-state index in [1.807, 2.05) is 82.3 Å². The van der Waals surface area contributed by atoms with E-state index in [9.17, 15) is 18.0 Å². The van der Waals surface area contributed by atoms with E-state index in [2.05, 4.69) is 10.0 Å². The van der Waals surface area contributed by atoms with E-state index in [-0.39, 0.29) is 23.2 Å². The SMILES string of the molecule is CC(C)CC(NS(=O)(=O)c1ccc(C(C)C)cc1)C(=O)NC1N=C(c2ccccc2)c2ccccc2N(C)C1=O. The van der Waals surface area contributed by atoms with E-state index >= 15 is 0 Å².